The molecular weight excluding hydrogens is 331 g/mol. The molecule has 2 N–H and O–H groups in total. The van der Waals surface area contributed by atoms with Gasteiger partial charge in [0, 0.05) is 43.8 Å². The maximum absolute atomic E-state index is 12.9. The number of anilines is 1. The number of pyridine rings is 1. The van der Waals surface area contributed by atoms with Gasteiger partial charge in [0.2, 0.25) is 5.91 Å². The smallest absolute Gasteiger partial charge is 0.238 e. The minimum atomic E-state index is -0.318. The summed E-state index contributed by atoms with van der Waals surface area (Å²) in [7, 11) is 0. The zero-order valence-electron chi connectivity index (χ0n) is 13.1. The molecule has 1 unspecified atom stereocenters. The largest absolute Gasteiger partial charge is 0.325 e. The lowest BCUT2D eigenvalue weighted by Gasteiger charge is -2.35. The van der Waals surface area contributed by atoms with E-state index in [-0.39, 0.29) is 30.2 Å². The molecule has 1 aromatic heterocycles. The van der Waals surface area contributed by atoms with Crippen LogP contribution in [0.3, 0.4) is 0 Å². The molecule has 24 heavy (non-hydrogen) atoms. The molecule has 7 heteroatoms. The first-order valence-electron chi connectivity index (χ1n) is 7.62. The van der Waals surface area contributed by atoms with Crippen LogP contribution in [0.5, 0.6) is 0 Å². The Hall–Kier alpha value is -2.02. The Morgan fingerprint density at radius 2 is 2.12 bits per heavy atom. The molecule has 1 amide bonds. The summed E-state index contributed by atoms with van der Waals surface area (Å²) in [6.45, 7) is 2.71. The Kier molecular flexibility index (Phi) is 6.66. The minimum Gasteiger partial charge on any atom is -0.325 e. The molecule has 0 aliphatic carbocycles. The molecular formula is C17H20ClFN4O. The highest BCUT2D eigenvalue weighted by atomic mass is 35.5. The van der Waals surface area contributed by atoms with E-state index in [1.807, 2.05) is 18.3 Å². The fraction of sp³-hybridized carbons (Fsp3) is 0.294. The quantitative estimate of drug-likeness (QED) is 0.887. The van der Waals surface area contributed by atoms with E-state index in [0.29, 0.717) is 12.2 Å². The van der Waals surface area contributed by atoms with Crippen molar-refractivity contribution >= 4 is 24.0 Å². The van der Waals surface area contributed by atoms with E-state index in [9.17, 15) is 9.18 Å². The number of hydrogen-bond donors (Lipinski definition) is 2. The van der Waals surface area contributed by atoms with Gasteiger partial charge in [-0.1, -0.05) is 6.07 Å². The van der Waals surface area contributed by atoms with Gasteiger partial charge >= 0.3 is 0 Å². The second kappa shape index (κ2) is 8.73. The number of hydrogen-bond acceptors (Lipinski definition) is 4. The van der Waals surface area contributed by atoms with Gasteiger partial charge in [0.1, 0.15) is 5.82 Å². The highest BCUT2D eigenvalue weighted by molar-refractivity contribution is 5.92. The maximum Gasteiger partial charge on any atom is 0.238 e. The van der Waals surface area contributed by atoms with Crippen LogP contribution in [-0.2, 0) is 4.79 Å². The molecule has 1 aliphatic rings. The third-order valence-electron chi connectivity index (χ3n) is 3.90. The molecule has 0 saturated carbocycles. The Bertz CT molecular complexity index is 653. The van der Waals surface area contributed by atoms with Crippen LogP contribution in [0.2, 0.25) is 0 Å². The molecule has 0 bridgehead atoms. The zero-order chi connectivity index (χ0) is 16.1. The van der Waals surface area contributed by atoms with E-state index in [1.165, 1.54) is 12.1 Å². The van der Waals surface area contributed by atoms with Crippen molar-refractivity contribution in [2.45, 2.75) is 6.04 Å². The summed E-state index contributed by atoms with van der Waals surface area (Å²) in [6.07, 6.45) is 3.58. The van der Waals surface area contributed by atoms with Gasteiger partial charge in [-0.2, -0.15) is 0 Å². The molecule has 128 valence electrons. The fourth-order valence-electron chi connectivity index (χ4n) is 2.76. The average Bonchev–Trinajstić information content (AvgIpc) is 2.58. The average molecular weight is 351 g/mol. The van der Waals surface area contributed by atoms with Crippen molar-refractivity contribution in [1.29, 1.82) is 0 Å². The van der Waals surface area contributed by atoms with Gasteiger partial charge in [-0.05, 0) is 35.9 Å². The van der Waals surface area contributed by atoms with E-state index >= 15 is 0 Å². The number of halogens is 2. The molecule has 1 aliphatic heterocycles. The Labute approximate surface area is 146 Å². The Morgan fingerprint density at radius 3 is 2.83 bits per heavy atom. The van der Waals surface area contributed by atoms with Gasteiger partial charge in [-0.15, -0.1) is 12.4 Å². The topological polar surface area (TPSA) is 57.3 Å². The van der Waals surface area contributed by atoms with Crippen LogP contribution >= 0.6 is 12.4 Å². The molecule has 1 aromatic carbocycles. The van der Waals surface area contributed by atoms with Crippen molar-refractivity contribution in [2.75, 3.05) is 31.5 Å². The number of aromatic nitrogens is 1. The summed E-state index contributed by atoms with van der Waals surface area (Å²) in [6, 6.07) is 9.83. The lowest BCUT2D eigenvalue weighted by atomic mass is 10.1. The Morgan fingerprint density at radius 1 is 1.33 bits per heavy atom. The SMILES string of the molecule is Cl.O=C(CN1CCNCC1c1cccnc1)Nc1ccc(F)cc1. The normalized spacial score (nSPS) is 17.8. The number of piperazine rings is 1. The first kappa shape index (κ1) is 18.3. The van der Waals surface area contributed by atoms with E-state index in [2.05, 4.69) is 20.5 Å². The van der Waals surface area contributed by atoms with Gasteiger partial charge in [0.25, 0.3) is 0 Å². The predicted octanol–water partition coefficient (Wildman–Crippen LogP) is 2.23. The molecule has 5 nitrogen and oxygen atoms in total. The molecule has 1 fully saturated rings. The van der Waals surface area contributed by atoms with E-state index < -0.39 is 0 Å². The third-order valence-corrected chi connectivity index (χ3v) is 3.90. The predicted molar refractivity (Wildman–Crippen MR) is 93.7 cm³/mol. The van der Waals surface area contributed by atoms with Gasteiger partial charge in [-0.25, -0.2) is 4.39 Å². The molecule has 2 heterocycles. The summed E-state index contributed by atoms with van der Waals surface area (Å²) in [4.78, 5) is 18.6. The second-order valence-electron chi connectivity index (χ2n) is 5.53. The molecule has 1 atom stereocenters. The fourth-order valence-corrected chi connectivity index (χ4v) is 2.76. The Balaban J connectivity index is 0.00000208. The number of nitrogens with one attached hydrogen (secondary N) is 2. The number of nitrogens with zero attached hydrogens (tertiary/aromatic N) is 2. The highest BCUT2D eigenvalue weighted by Crippen LogP contribution is 2.21. The van der Waals surface area contributed by atoms with Crippen molar-refractivity contribution in [1.82, 2.24) is 15.2 Å². The number of carbonyl (C=O) groups excluding carboxylic acids is 1. The van der Waals surface area contributed by atoms with Gasteiger partial charge in [0.15, 0.2) is 0 Å². The molecule has 3 rings (SSSR count). The third kappa shape index (κ3) is 4.74. The highest BCUT2D eigenvalue weighted by Gasteiger charge is 2.25. The lowest BCUT2D eigenvalue weighted by Crippen LogP contribution is -2.48. The van der Waals surface area contributed by atoms with Crippen LogP contribution in [0.25, 0.3) is 0 Å². The van der Waals surface area contributed by atoms with E-state index in [4.69, 9.17) is 0 Å². The van der Waals surface area contributed by atoms with Crippen molar-refractivity contribution in [3.63, 3.8) is 0 Å². The monoisotopic (exact) mass is 350 g/mol. The standard InChI is InChI=1S/C17H19FN4O.ClH/c18-14-3-5-15(6-4-14)21-17(23)12-22-9-8-20-11-16(22)13-2-1-7-19-10-13;/h1-7,10,16,20H,8-9,11-12H2,(H,21,23);1H. The van der Waals surface area contributed by atoms with Gasteiger partial charge in [-0.3, -0.25) is 14.7 Å². The first-order chi connectivity index (χ1) is 11.2. The van der Waals surface area contributed by atoms with Crippen LogP contribution in [-0.4, -0.2) is 42.0 Å². The van der Waals surface area contributed by atoms with Crippen LogP contribution in [0, 0.1) is 5.82 Å². The maximum atomic E-state index is 12.9. The first-order valence-corrected chi connectivity index (χ1v) is 7.62. The zero-order valence-corrected chi connectivity index (χ0v) is 13.9. The lowest BCUT2D eigenvalue weighted by molar-refractivity contribution is -0.118. The summed E-state index contributed by atoms with van der Waals surface area (Å²) in [5.74, 6) is -0.422. The number of rotatable bonds is 4. The van der Waals surface area contributed by atoms with Crippen LogP contribution in [0.1, 0.15) is 11.6 Å². The van der Waals surface area contributed by atoms with E-state index in [1.54, 1.807) is 18.3 Å². The number of carbonyl (C=O) groups is 1. The summed E-state index contributed by atoms with van der Waals surface area (Å²) in [5, 5.41) is 6.15. The van der Waals surface area contributed by atoms with Gasteiger partial charge in [0.05, 0.1) is 6.54 Å². The molecule has 1 saturated heterocycles. The molecule has 2 aromatic rings. The second-order valence-corrected chi connectivity index (χ2v) is 5.53. The van der Waals surface area contributed by atoms with Gasteiger partial charge < -0.3 is 10.6 Å². The van der Waals surface area contributed by atoms with Crippen LogP contribution < -0.4 is 10.6 Å². The summed E-state index contributed by atoms with van der Waals surface area (Å²) in [5.41, 5.74) is 1.69. The number of benzene rings is 1. The van der Waals surface area contributed by atoms with Crippen LogP contribution in [0.4, 0.5) is 10.1 Å². The van der Waals surface area contributed by atoms with Crippen LogP contribution in [0.15, 0.2) is 48.8 Å². The summed E-state index contributed by atoms with van der Waals surface area (Å²) >= 11 is 0. The van der Waals surface area contributed by atoms with Crippen molar-refractivity contribution in [2.24, 2.45) is 0 Å². The van der Waals surface area contributed by atoms with E-state index in [0.717, 1.165) is 25.2 Å². The molecule has 0 radical (unpaired) electrons. The van der Waals surface area contributed by atoms with Crippen molar-refractivity contribution < 1.29 is 9.18 Å². The summed E-state index contributed by atoms with van der Waals surface area (Å²) < 4.78 is 12.9. The number of amides is 1. The molecule has 0 spiro atoms. The van der Waals surface area contributed by atoms with Crippen molar-refractivity contribution in [3.05, 3.63) is 60.2 Å². The van der Waals surface area contributed by atoms with Crippen molar-refractivity contribution in [3.8, 4) is 0 Å². The minimum absolute atomic E-state index is 0.